The smallest absolute Gasteiger partial charge is 0.254 e. The Labute approximate surface area is 263 Å². The molecule has 2 fully saturated rings. The summed E-state index contributed by atoms with van der Waals surface area (Å²) in [5.74, 6) is 0.447. The van der Waals surface area contributed by atoms with Gasteiger partial charge in [-0.3, -0.25) is 13.8 Å². The second-order valence-corrected chi connectivity index (χ2v) is 14.0. The van der Waals surface area contributed by atoms with Crippen molar-refractivity contribution < 1.29 is 28.4 Å². The first-order valence-electron chi connectivity index (χ1n) is 15.6. The van der Waals surface area contributed by atoms with E-state index in [9.17, 15) is 19.0 Å². The van der Waals surface area contributed by atoms with Crippen LogP contribution in [0.4, 0.5) is 5.69 Å². The van der Waals surface area contributed by atoms with Crippen LogP contribution in [0.15, 0.2) is 53.0 Å². The maximum absolute atomic E-state index is 13.8. The summed E-state index contributed by atoms with van der Waals surface area (Å²) < 4.78 is 17.5. The van der Waals surface area contributed by atoms with Gasteiger partial charge >= 0.3 is 0 Å². The third-order valence-corrected chi connectivity index (χ3v) is 10.6. The van der Waals surface area contributed by atoms with E-state index in [0.29, 0.717) is 55.6 Å². The Bertz CT molecular complexity index is 1470. The lowest BCUT2D eigenvalue weighted by atomic mass is 9.94. The molecule has 44 heavy (non-hydrogen) atoms. The maximum Gasteiger partial charge on any atom is 0.254 e. The van der Waals surface area contributed by atoms with E-state index in [4.69, 9.17) is 4.74 Å². The number of carbonyl (C=O) groups is 2. The zero-order valence-electron chi connectivity index (χ0n) is 26.3. The first kappa shape index (κ1) is 32.2. The number of nitrogens with one attached hydrogen (secondary N) is 1. The first-order chi connectivity index (χ1) is 21.1. The molecular weight excluding hydrogens is 576 g/mol. The number of ether oxygens (including phenoxy) is 1. The van der Waals surface area contributed by atoms with Gasteiger partial charge in [0.2, 0.25) is 0 Å². The normalized spacial score (nSPS) is 23.5. The van der Waals surface area contributed by atoms with Crippen molar-refractivity contribution >= 4 is 34.0 Å². The molecule has 2 saturated heterocycles. The van der Waals surface area contributed by atoms with Crippen molar-refractivity contribution in [1.82, 2.24) is 5.32 Å². The van der Waals surface area contributed by atoms with Crippen LogP contribution in [-0.2, 0) is 26.9 Å². The number of morpholine rings is 1. The van der Waals surface area contributed by atoms with Gasteiger partial charge in [-0.15, -0.1) is 0 Å². The topological polar surface area (TPSA) is 108 Å². The van der Waals surface area contributed by atoms with Crippen LogP contribution in [0.5, 0.6) is 0 Å². The van der Waals surface area contributed by atoms with Gasteiger partial charge < -0.3 is 15.0 Å². The lowest BCUT2D eigenvalue weighted by Gasteiger charge is -2.36. The number of anilines is 1. The van der Waals surface area contributed by atoms with Crippen LogP contribution in [0.25, 0.3) is 11.1 Å². The van der Waals surface area contributed by atoms with Gasteiger partial charge in [0, 0.05) is 64.0 Å². The highest BCUT2D eigenvalue weighted by Crippen LogP contribution is 2.34. The molecule has 0 bridgehead atoms. The molecule has 0 spiro atoms. The molecule has 2 amide bonds. The number of benzene rings is 2. The van der Waals surface area contributed by atoms with Gasteiger partial charge in [-0.2, -0.15) is 4.65 Å². The number of dihydropyridines is 1. The van der Waals surface area contributed by atoms with Gasteiger partial charge in [0.05, 0.1) is 19.1 Å². The average Bonchev–Trinajstić information content (AvgIpc) is 2.99. The summed E-state index contributed by atoms with van der Waals surface area (Å²) in [6.07, 6.45) is 3.59. The minimum Gasteiger partial charge on any atom is -0.370 e. The summed E-state index contributed by atoms with van der Waals surface area (Å²) in [5.41, 5.74) is 6.95. The molecule has 9 nitrogen and oxygen atoms in total. The second kappa shape index (κ2) is 13.9. The number of hydroxylamine groups is 3. The molecule has 3 aliphatic rings. The summed E-state index contributed by atoms with van der Waals surface area (Å²) in [7, 11) is -0.767. The van der Waals surface area contributed by atoms with Crippen LogP contribution in [-0.4, -0.2) is 88.5 Å². The minimum absolute atomic E-state index is 0.0287. The van der Waals surface area contributed by atoms with Gasteiger partial charge in [-0.25, -0.2) is 10.2 Å². The minimum atomic E-state index is -0.767. The number of rotatable bonds is 9. The van der Waals surface area contributed by atoms with E-state index >= 15 is 0 Å². The van der Waals surface area contributed by atoms with Crippen molar-refractivity contribution in [3.8, 4) is 11.1 Å². The van der Waals surface area contributed by atoms with Gasteiger partial charge in [0.15, 0.2) is 0 Å². The highest BCUT2D eigenvalue weighted by molar-refractivity contribution is 7.85. The lowest BCUT2D eigenvalue weighted by molar-refractivity contribution is -1.12. The highest BCUT2D eigenvalue weighted by atomic mass is 32.2. The fourth-order valence-corrected chi connectivity index (χ4v) is 7.82. The van der Waals surface area contributed by atoms with Gasteiger partial charge in [-0.1, -0.05) is 29.8 Å². The SMILES string of the molecule is CCN(c1cc(-c2ccc(C[N+]3(O)CCOCC3)cc2)cc(C(=O)NCC2C(=O)N=C(C)C=C2C)c1C)C1CCS(=O)CC1. The molecule has 2 aromatic carbocycles. The number of carbonyl (C=O) groups excluding carboxylic acids is 2. The van der Waals surface area contributed by atoms with Crippen LogP contribution >= 0.6 is 0 Å². The van der Waals surface area contributed by atoms with E-state index in [1.54, 1.807) is 6.92 Å². The van der Waals surface area contributed by atoms with E-state index in [2.05, 4.69) is 28.2 Å². The van der Waals surface area contributed by atoms with Crippen molar-refractivity contribution in [2.75, 3.05) is 55.8 Å². The van der Waals surface area contributed by atoms with E-state index in [-0.39, 0.29) is 29.0 Å². The van der Waals surface area contributed by atoms with Gasteiger partial charge in [0.1, 0.15) is 19.6 Å². The molecule has 2 aromatic rings. The van der Waals surface area contributed by atoms with Gasteiger partial charge in [-0.05, 0) is 75.4 Å². The van der Waals surface area contributed by atoms with E-state index in [1.807, 2.05) is 50.3 Å². The van der Waals surface area contributed by atoms with E-state index in [1.165, 1.54) is 0 Å². The third-order valence-electron chi connectivity index (χ3n) is 9.18. The van der Waals surface area contributed by atoms with Crippen molar-refractivity contribution in [3.05, 3.63) is 64.7 Å². The molecule has 0 aliphatic carbocycles. The van der Waals surface area contributed by atoms with Crippen molar-refractivity contribution in [2.45, 2.75) is 53.1 Å². The maximum atomic E-state index is 13.8. The molecule has 236 valence electrons. The van der Waals surface area contributed by atoms with Crippen molar-refractivity contribution in [1.29, 1.82) is 0 Å². The van der Waals surface area contributed by atoms with Crippen molar-refractivity contribution in [2.24, 2.45) is 10.9 Å². The van der Waals surface area contributed by atoms with Crippen LogP contribution < -0.4 is 10.2 Å². The monoisotopic (exact) mass is 621 g/mol. The number of hydrogen-bond acceptors (Lipinski definition) is 6. The number of hydrogen-bond donors (Lipinski definition) is 2. The van der Waals surface area contributed by atoms with Crippen LogP contribution in [0.2, 0.25) is 0 Å². The summed E-state index contributed by atoms with van der Waals surface area (Å²) >= 11 is 0. The largest absolute Gasteiger partial charge is 0.370 e. The number of quaternary nitrogens is 1. The van der Waals surface area contributed by atoms with Crippen LogP contribution in [0.1, 0.15) is 55.1 Å². The number of aliphatic imine (C=N–C) groups is 1. The predicted molar refractivity (Wildman–Crippen MR) is 175 cm³/mol. The third kappa shape index (κ3) is 7.37. The number of nitrogens with zero attached hydrogens (tertiary/aromatic N) is 3. The molecule has 2 N–H and O–H groups in total. The quantitative estimate of drug-likeness (QED) is 0.401. The molecular formula is C34H45N4O5S+. The summed E-state index contributed by atoms with van der Waals surface area (Å²) in [4.78, 5) is 32.8. The zero-order chi connectivity index (χ0) is 31.4. The fourth-order valence-electron chi connectivity index (χ4n) is 6.55. The standard InChI is InChI=1S/C34H44N4O5S/c1-5-37(29-10-16-44(42)17-11-29)32-20-28(27-8-6-26(7-9-27)22-38(41)12-14-43-15-13-38)19-30(25(32)4)33(39)35-21-31-23(2)18-24(3)36-34(31)40/h6-9,18-20,29,31,41H,5,10-17,21-22H2,1-4H3/p+1. The Morgan fingerprint density at radius 2 is 1.77 bits per heavy atom. The summed E-state index contributed by atoms with van der Waals surface area (Å²) in [5, 5.41) is 14.0. The van der Waals surface area contributed by atoms with Gasteiger partial charge in [0.25, 0.3) is 11.8 Å². The number of amides is 2. The lowest BCUT2D eigenvalue weighted by Crippen LogP contribution is -2.51. The Morgan fingerprint density at radius 1 is 1.09 bits per heavy atom. The Morgan fingerprint density at radius 3 is 2.41 bits per heavy atom. The zero-order valence-corrected chi connectivity index (χ0v) is 27.1. The van der Waals surface area contributed by atoms with E-state index in [0.717, 1.165) is 52.9 Å². The molecule has 5 rings (SSSR count). The molecule has 1 unspecified atom stereocenters. The Hall–Kier alpha value is -3.18. The average molecular weight is 622 g/mol. The molecule has 0 saturated carbocycles. The predicted octanol–water partition coefficient (Wildman–Crippen LogP) is 4.43. The van der Waals surface area contributed by atoms with Crippen molar-refractivity contribution in [3.63, 3.8) is 0 Å². The fraction of sp³-hybridized carbons (Fsp3) is 0.500. The van der Waals surface area contributed by atoms with Crippen LogP contribution in [0.3, 0.4) is 0 Å². The summed E-state index contributed by atoms with van der Waals surface area (Å²) in [6, 6.07) is 12.5. The highest BCUT2D eigenvalue weighted by Gasteiger charge is 2.30. The molecule has 1 atom stereocenters. The number of allylic oxidation sites excluding steroid dienone is 1. The van der Waals surface area contributed by atoms with Crippen LogP contribution in [0, 0.1) is 12.8 Å². The molecule has 3 aliphatic heterocycles. The molecule has 3 heterocycles. The Kier molecular flexibility index (Phi) is 10.1. The summed E-state index contributed by atoms with van der Waals surface area (Å²) in [6.45, 7) is 11.5. The molecule has 0 aromatic heterocycles. The molecule has 0 radical (unpaired) electrons. The van der Waals surface area contributed by atoms with E-state index < -0.39 is 16.7 Å². The molecule has 10 heteroatoms. The first-order valence-corrected chi connectivity index (χ1v) is 17.1. The second-order valence-electron chi connectivity index (χ2n) is 12.3. The Balaban J connectivity index is 1.45.